The van der Waals surface area contributed by atoms with E-state index in [1.807, 2.05) is 30.3 Å². The number of halogens is 3. The zero-order chi connectivity index (χ0) is 18.2. The molecule has 1 unspecified atom stereocenters. The minimum atomic E-state index is -4.29. The molecular formula is C16H24F3N3O2. The van der Waals surface area contributed by atoms with Crippen LogP contribution < -0.4 is 5.32 Å². The summed E-state index contributed by atoms with van der Waals surface area (Å²) in [7, 11) is 2.96. The fourth-order valence-corrected chi connectivity index (χ4v) is 2.22. The van der Waals surface area contributed by atoms with Crippen molar-refractivity contribution in [2.24, 2.45) is 0 Å². The molecule has 0 spiro atoms. The number of carbonyl (C=O) groups is 1. The predicted octanol–water partition coefficient (Wildman–Crippen LogP) is 1.09. The van der Waals surface area contributed by atoms with Crippen LogP contribution in [0.5, 0.6) is 0 Å². The third-order valence-electron chi connectivity index (χ3n) is 3.32. The molecule has 0 heterocycles. The normalized spacial score (nSPS) is 13.1. The average Bonchev–Trinajstić information content (AvgIpc) is 2.45. The molecule has 0 aliphatic carbocycles. The maximum atomic E-state index is 12.2. The molecule has 0 bridgehead atoms. The maximum Gasteiger partial charge on any atom is 0.401 e. The highest BCUT2D eigenvalue weighted by Gasteiger charge is 2.29. The van der Waals surface area contributed by atoms with E-state index in [4.69, 9.17) is 0 Å². The number of hydrogen-bond donors (Lipinski definition) is 2. The van der Waals surface area contributed by atoms with E-state index < -0.39 is 18.8 Å². The van der Waals surface area contributed by atoms with E-state index in [9.17, 15) is 23.1 Å². The van der Waals surface area contributed by atoms with Crippen molar-refractivity contribution in [2.45, 2.75) is 18.8 Å². The lowest BCUT2D eigenvalue weighted by Gasteiger charge is -2.22. The van der Waals surface area contributed by atoms with Gasteiger partial charge in [-0.3, -0.25) is 9.69 Å². The van der Waals surface area contributed by atoms with Gasteiger partial charge in [-0.15, -0.1) is 0 Å². The Hall–Kier alpha value is -1.64. The molecule has 24 heavy (non-hydrogen) atoms. The van der Waals surface area contributed by atoms with Gasteiger partial charge in [0, 0.05) is 26.7 Å². The molecule has 8 heteroatoms. The van der Waals surface area contributed by atoms with Gasteiger partial charge in [-0.1, -0.05) is 30.3 Å². The summed E-state index contributed by atoms with van der Waals surface area (Å²) < 4.78 is 36.6. The number of aliphatic hydroxyl groups is 1. The average molecular weight is 347 g/mol. The molecule has 0 aliphatic heterocycles. The van der Waals surface area contributed by atoms with Crippen molar-refractivity contribution in [2.75, 3.05) is 40.3 Å². The Labute approximate surface area is 140 Å². The van der Waals surface area contributed by atoms with Crippen LogP contribution in [-0.4, -0.2) is 73.4 Å². The molecule has 0 fully saturated rings. The van der Waals surface area contributed by atoms with Crippen LogP contribution in [0.1, 0.15) is 5.56 Å². The van der Waals surface area contributed by atoms with Crippen molar-refractivity contribution in [1.82, 2.24) is 15.1 Å². The first-order valence-electron chi connectivity index (χ1n) is 7.59. The van der Waals surface area contributed by atoms with Crippen molar-refractivity contribution in [3.63, 3.8) is 0 Å². The Morgan fingerprint density at radius 2 is 1.88 bits per heavy atom. The van der Waals surface area contributed by atoms with Gasteiger partial charge in [0.05, 0.1) is 19.2 Å². The summed E-state index contributed by atoms with van der Waals surface area (Å²) >= 11 is 0. The first-order chi connectivity index (χ1) is 11.2. The summed E-state index contributed by atoms with van der Waals surface area (Å²) in [5, 5.41) is 12.5. The largest absolute Gasteiger partial charge is 0.401 e. The molecular weight excluding hydrogens is 323 g/mol. The van der Waals surface area contributed by atoms with Gasteiger partial charge in [-0.2, -0.15) is 13.2 Å². The molecule has 136 valence electrons. The smallest absolute Gasteiger partial charge is 0.390 e. The second-order valence-corrected chi connectivity index (χ2v) is 5.83. The van der Waals surface area contributed by atoms with Crippen molar-refractivity contribution in [3.8, 4) is 0 Å². The lowest BCUT2D eigenvalue weighted by Crippen LogP contribution is -2.43. The molecule has 1 aromatic rings. The van der Waals surface area contributed by atoms with Crippen LogP contribution in [0.25, 0.3) is 0 Å². The van der Waals surface area contributed by atoms with Crippen LogP contribution in [0.15, 0.2) is 30.3 Å². The standard InChI is InChI=1S/C16H24F3N3O2/c1-21(12-16(17,18)19)11-14(23)8-20-9-15(24)22(2)10-13-6-4-3-5-7-13/h3-7,14,20,23H,8-12H2,1-2H3. The van der Waals surface area contributed by atoms with Gasteiger partial charge in [0.15, 0.2) is 0 Å². The molecule has 0 saturated carbocycles. The van der Waals surface area contributed by atoms with Crippen molar-refractivity contribution >= 4 is 5.91 Å². The Kier molecular flexibility index (Phi) is 8.17. The van der Waals surface area contributed by atoms with Crippen LogP contribution in [0, 0.1) is 0 Å². The molecule has 1 atom stereocenters. The number of rotatable bonds is 9. The minimum absolute atomic E-state index is 0.0172. The fraction of sp³-hybridized carbons (Fsp3) is 0.562. The summed E-state index contributed by atoms with van der Waals surface area (Å²) in [6, 6.07) is 9.50. The lowest BCUT2D eigenvalue weighted by molar-refractivity contribution is -0.145. The summed E-state index contributed by atoms with van der Waals surface area (Å²) in [4.78, 5) is 14.5. The highest BCUT2D eigenvalue weighted by Crippen LogP contribution is 2.15. The number of hydrogen-bond acceptors (Lipinski definition) is 4. The maximum absolute atomic E-state index is 12.2. The van der Waals surface area contributed by atoms with Crippen LogP contribution >= 0.6 is 0 Å². The predicted molar refractivity (Wildman–Crippen MR) is 85.3 cm³/mol. The number of nitrogens with one attached hydrogen (secondary N) is 1. The van der Waals surface area contributed by atoms with Gasteiger partial charge in [-0.05, 0) is 12.6 Å². The lowest BCUT2D eigenvalue weighted by atomic mass is 10.2. The van der Waals surface area contributed by atoms with Crippen LogP contribution in [0.2, 0.25) is 0 Å². The van der Waals surface area contributed by atoms with E-state index in [1.54, 1.807) is 11.9 Å². The van der Waals surface area contributed by atoms with Gasteiger partial charge >= 0.3 is 6.18 Å². The third-order valence-corrected chi connectivity index (χ3v) is 3.32. The Balaban J connectivity index is 2.24. The second-order valence-electron chi connectivity index (χ2n) is 5.83. The van der Waals surface area contributed by atoms with E-state index in [-0.39, 0.29) is 25.5 Å². The summed E-state index contributed by atoms with van der Waals surface area (Å²) in [6.07, 6.45) is -5.28. The topological polar surface area (TPSA) is 55.8 Å². The zero-order valence-electron chi connectivity index (χ0n) is 13.9. The number of alkyl halides is 3. The molecule has 5 nitrogen and oxygen atoms in total. The molecule has 2 N–H and O–H groups in total. The first-order valence-corrected chi connectivity index (χ1v) is 7.59. The van der Waals surface area contributed by atoms with Gasteiger partial charge in [-0.25, -0.2) is 0 Å². The minimum Gasteiger partial charge on any atom is -0.390 e. The number of aliphatic hydroxyl groups excluding tert-OH is 1. The summed E-state index contributed by atoms with van der Waals surface area (Å²) in [6.45, 7) is -0.669. The fourth-order valence-electron chi connectivity index (χ4n) is 2.22. The van der Waals surface area contributed by atoms with Crippen molar-refractivity contribution in [3.05, 3.63) is 35.9 Å². The van der Waals surface area contributed by atoms with Gasteiger partial charge in [0.2, 0.25) is 5.91 Å². The molecule has 0 saturated heterocycles. The van der Waals surface area contributed by atoms with E-state index in [0.29, 0.717) is 6.54 Å². The number of carbonyl (C=O) groups excluding carboxylic acids is 1. The summed E-state index contributed by atoms with van der Waals surface area (Å²) in [5.41, 5.74) is 1.00. The van der Waals surface area contributed by atoms with E-state index in [2.05, 4.69) is 5.32 Å². The first kappa shape index (κ1) is 20.4. The summed E-state index contributed by atoms with van der Waals surface area (Å²) in [5.74, 6) is -0.158. The van der Waals surface area contributed by atoms with E-state index in [1.165, 1.54) is 7.05 Å². The highest BCUT2D eigenvalue weighted by atomic mass is 19.4. The third kappa shape index (κ3) is 8.85. The van der Waals surface area contributed by atoms with Crippen LogP contribution in [0.4, 0.5) is 13.2 Å². The Bertz CT molecular complexity index is 497. The molecule has 1 rings (SSSR count). The number of likely N-dealkylation sites (N-methyl/N-ethyl adjacent to an activating group) is 2. The Morgan fingerprint density at radius 3 is 2.46 bits per heavy atom. The van der Waals surface area contributed by atoms with Gasteiger partial charge < -0.3 is 15.3 Å². The highest BCUT2D eigenvalue weighted by molar-refractivity contribution is 5.77. The van der Waals surface area contributed by atoms with Crippen LogP contribution in [-0.2, 0) is 11.3 Å². The quantitative estimate of drug-likeness (QED) is 0.702. The zero-order valence-corrected chi connectivity index (χ0v) is 13.9. The molecule has 1 aromatic carbocycles. The number of amides is 1. The Morgan fingerprint density at radius 1 is 1.25 bits per heavy atom. The molecule has 0 radical (unpaired) electrons. The van der Waals surface area contributed by atoms with Gasteiger partial charge in [0.25, 0.3) is 0 Å². The van der Waals surface area contributed by atoms with Crippen molar-refractivity contribution < 1.29 is 23.1 Å². The monoisotopic (exact) mass is 347 g/mol. The number of nitrogens with zero attached hydrogens (tertiary/aromatic N) is 2. The van der Waals surface area contributed by atoms with Crippen molar-refractivity contribution in [1.29, 1.82) is 0 Å². The number of benzene rings is 1. The second kappa shape index (κ2) is 9.61. The molecule has 1 amide bonds. The molecule has 0 aromatic heterocycles. The van der Waals surface area contributed by atoms with E-state index in [0.717, 1.165) is 10.5 Å². The van der Waals surface area contributed by atoms with Crippen LogP contribution in [0.3, 0.4) is 0 Å². The molecule has 0 aliphatic rings. The van der Waals surface area contributed by atoms with E-state index >= 15 is 0 Å². The van der Waals surface area contributed by atoms with Gasteiger partial charge in [0.1, 0.15) is 0 Å². The SMILES string of the molecule is CN(CC(O)CNCC(=O)N(C)Cc1ccccc1)CC(F)(F)F.